The van der Waals surface area contributed by atoms with Crippen molar-refractivity contribution in [3.05, 3.63) is 89.9 Å². The maximum absolute atomic E-state index is 6.29. The SMILES string of the molecule is C=C(CC)Nc1c(C)ccc2cc(-c3ccc4c(c3)COc3c-4ccc4[nH]c(C(C)C)nc34)ccc12. The number of hydrogen-bond acceptors (Lipinski definition) is 3. The Morgan fingerprint density at radius 3 is 2.61 bits per heavy atom. The van der Waals surface area contributed by atoms with E-state index >= 15 is 0 Å². The summed E-state index contributed by atoms with van der Waals surface area (Å²) >= 11 is 0. The third-order valence-corrected chi connectivity index (χ3v) is 7.23. The number of aromatic nitrogens is 2. The van der Waals surface area contributed by atoms with E-state index in [0.29, 0.717) is 12.5 Å². The van der Waals surface area contributed by atoms with Crippen LogP contribution in [0.2, 0.25) is 0 Å². The molecule has 6 rings (SSSR count). The van der Waals surface area contributed by atoms with Crippen molar-refractivity contribution >= 4 is 27.5 Å². The number of benzene rings is 4. The minimum atomic E-state index is 0.342. The fourth-order valence-corrected chi connectivity index (χ4v) is 5.06. The first-order chi connectivity index (χ1) is 17.4. The Balaban J connectivity index is 1.39. The zero-order valence-electron chi connectivity index (χ0n) is 21.3. The Morgan fingerprint density at radius 2 is 1.81 bits per heavy atom. The fraction of sp³-hybridized carbons (Fsp3) is 0.219. The molecule has 4 nitrogen and oxygen atoms in total. The summed E-state index contributed by atoms with van der Waals surface area (Å²) in [5.41, 5.74) is 11.3. The fourth-order valence-electron chi connectivity index (χ4n) is 5.06. The summed E-state index contributed by atoms with van der Waals surface area (Å²) in [7, 11) is 0. The van der Waals surface area contributed by atoms with Gasteiger partial charge in [0.1, 0.15) is 17.9 Å². The lowest BCUT2D eigenvalue weighted by atomic mass is 9.92. The van der Waals surface area contributed by atoms with Gasteiger partial charge in [-0.2, -0.15) is 0 Å². The third-order valence-electron chi connectivity index (χ3n) is 7.23. The third kappa shape index (κ3) is 3.65. The standard InChI is InChI=1S/C32H31N3O/c1-6-20(5)33-29-19(4)7-8-23-15-21(10-12-26(23)29)22-9-11-25-24(16-22)17-36-31-27(25)13-14-28-30(31)35-32(34-28)18(2)3/h7-16,18,33H,5-6,17H2,1-4H3,(H,34,35). The van der Waals surface area contributed by atoms with Crippen LogP contribution in [-0.2, 0) is 6.61 Å². The first kappa shape index (κ1) is 22.4. The van der Waals surface area contributed by atoms with E-state index in [1.807, 2.05) is 0 Å². The van der Waals surface area contributed by atoms with E-state index in [1.165, 1.54) is 38.6 Å². The Kier molecular flexibility index (Phi) is 5.33. The number of allylic oxidation sites excluding steroid dienone is 1. The maximum Gasteiger partial charge on any atom is 0.155 e. The van der Waals surface area contributed by atoms with Gasteiger partial charge in [0.25, 0.3) is 0 Å². The van der Waals surface area contributed by atoms with E-state index < -0.39 is 0 Å². The zero-order valence-corrected chi connectivity index (χ0v) is 21.3. The van der Waals surface area contributed by atoms with E-state index in [4.69, 9.17) is 9.72 Å². The average Bonchev–Trinajstić information content (AvgIpc) is 3.35. The Labute approximate surface area is 212 Å². The smallest absolute Gasteiger partial charge is 0.155 e. The van der Waals surface area contributed by atoms with Crippen LogP contribution in [0.25, 0.3) is 44.1 Å². The Hall–Kier alpha value is -4.05. The average molecular weight is 474 g/mol. The molecule has 1 aliphatic heterocycles. The second kappa shape index (κ2) is 8.56. The lowest BCUT2D eigenvalue weighted by molar-refractivity contribution is 0.305. The van der Waals surface area contributed by atoms with Crippen molar-refractivity contribution in [3.63, 3.8) is 0 Å². The molecule has 4 aromatic carbocycles. The molecule has 2 N–H and O–H groups in total. The molecule has 0 saturated carbocycles. The van der Waals surface area contributed by atoms with Gasteiger partial charge in [0.15, 0.2) is 5.75 Å². The highest BCUT2D eigenvalue weighted by Crippen LogP contribution is 2.43. The lowest BCUT2D eigenvalue weighted by Crippen LogP contribution is -2.06. The topological polar surface area (TPSA) is 49.9 Å². The van der Waals surface area contributed by atoms with E-state index in [9.17, 15) is 0 Å². The van der Waals surface area contributed by atoms with Crippen molar-refractivity contribution < 1.29 is 4.74 Å². The van der Waals surface area contributed by atoms with Crippen molar-refractivity contribution in [1.29, 1.82) is 0 Å². The lowest BCUT2D eigenvalue weighted by Gasteiger charge is -2.22. The minimum Gasteiger partial charge on any atom is -0.486 e. The maximum atomic E-state index is 6.29. The number of fused-ring (bicyclic) bond motifs is 6. The number of aromatic amines is 1. The van der Waals surface area contributed by atoms with Crippen LogP contribution < -0.4 is 10.1 Å². The molecule has 0 amide bonds. The highest BCUT2D eigenvalue weighted by molar-refractivity contribution is 5.98. The van der Waals surface area contributed by atoms with Crippen molar-refractivity contribution in [1.82, 2.24) is 9.97 Å². The molecule has 0 spiro atoms. The number of anilines is 1. The molecule has 2 heterocycles. The predicted molar refractivity (Wildman–Crippen MR) is 151 cm³/mol. The molecule has 0 saturated heterocycles. The minimum absolute atomic E-state index is 0.342. The molecule has 0 radical (unpaired) electrons. The van der Waals surface area contributed by atoms with Crippen LogP contribution >= 0.6 is 0 Å². The van der Waals surface area contributed by atoms with Gasteiger partial charge in [-0.15, -0.1) is 0 Å². The van der Waals surface area contributed by atoms with E-state index in [-0.39, 0.29) is 0 Å². The van der Waals surface area contributed by atoms with Crippen LogP contribution in [0.4, 0.5) is 5.69 Å². The van der Waals surface area contributed by atoms with Crippen molar-refractivity contribution in [2.45, 2.75) is 46.6 Å². The Bertz CT molecular complexity index is 1660. The number of nitrogens with zero attached hydrogens (tertiary/aromatic N) is 1. The van der Waals surface area contributed by atoms with Crippen LogP contribution in [0.3, 0.4) is 0 Å². The number of nitrogens with one attached hydrogen (secondary N) is 2. The van der Waals surface area contributed by atoms with Gasteiger partial charge in [0.2, 0.25) is 0 Å². The molecular weight excluding hydrogens is 442 g/mol. The van der Waals surface area contributed by atoms with Gasteiger partial charge in [-0.3, -0.25) is 0 Å². The molecule has 0 atom stereocenters. The summed E-state index contributed by atoms with van der Waals surface area (Å²) in [6, 6.07) is 22.0. The first-order valence-corrected chi connectivity index (χ1v) is 12.7. The summed E-state index contributed by atoms with van der Waals surface area (Å²) in [6.45, 7) is 13.2. The van der Waals surface area contributed by atoms with E-state index in [0.717, 1.165) is 46.0 Å². The molecule has 36 heavy (non-hydrogen) atoms. The highest BCUT2D eigenvalue weighted by atomic mass is 16.5. The number of hydrogen-bond donors (Lipinski definition) is 2. The molecule has 0 bridgehead atoms. The van der Waals surface area contributed by atoms with E-state index in [1.54, 1.807) is 0 Å². The molecule has 4 heteroatoms. The van der Waals surface area contributed by atoms with Gasteiger partial charge in [-0.25, -0.2) is 4.98 Å². The molecule has 5 aromatic rings. The molecule has 0 aliphatic carbocycles. The van der Waals surface area contributed by atoms with Gasteiger partial charge in [0, 0.05) is 28.3 Å². The van der Waals surface area contributed by atoms with Gasteiger partial charge >= 0.3 is 0 Å². The molecular formula is C32H31N3O. The monoisotopic (exact) mass is 473 g/mol. The van der Waals surface area contributed by atoms with Gasteiger partial charge in [-0.1, -0.05) is 63.7 Å². The zero-order chi connectivity index (χ0) is 25.0. The second-order valence-electron chi connectivity index (χ2n) is 10.1. The van der Waals surface area contributed by atoms with Crippen LogP contribution in [0, 0.1) is 6.92 Å². The molecule has 180 valence electrons. The predicted octanol–water partition coefficient (Wildman–Crippen LogP) is 8.71. The van der Waals surface area contributed by atoms with Crippen molar-refractivity contribution in [2.24, 2.45) is 0 Å². The molecule has 1 aliphatic rings. The molecule has 1 aromatic heterocycles. The first-order valence-electron chi connectivity index (χ1n) is 12.7. The van der Waals surface area contributed by atoms with Gasteiger partial charge < -0.3 is 15.0 Å². The summed E-state index contributed by atoms with van der Waals surface area (Å²) in [6.07, 6.45) is 0.902. The summed E-state index contributed by atoms with van der Waals surface area (Å²) in [5, 5.41) is 5.94. The van der Waals surface area contributed by atoms with Crippen LogP contribution in [-0.4, -0.2) is 9.97 Å². The second-order valence-corrected chi connectivity index (χ2v) is 10.1. The normalized spacial score (nSPS) is 12.5. The summed E-state index contributed by atoms with van der Waals surface area (Å²) < 4.78 is 6.29. The van der Waals surface area contributed by atoms with Crippen molar-refractivity contribution in [3.8, 4) is 28.0 Å². The largest absolute Gasteiger partial charge is 0.486 e. The van der Waals surface area contributed by atoms with Crippen LogP contribution in [0.1, 0.15) is 50.1 Å². The molecule has 0 fully saturated rings. The number of aryl methyl sites for hydroxylation is 1. The van der Waals surface area contributed by atoms with Gasteiger partial charge in [-0.05, 0) is 70.8 Å². The molecule has 0 unspecified atom stereocenters. The number of H-pyrrole nitrogens is 1. The number of ether oxygens (including phenoxy) is 1. The van der Waals surface area contributed by atoms with Crippen LogP contribution in [0.15, 0.2) is 72.9 Å². The van der Waals surface area contributed by atoms with Crippen LogP contribution in [0.5, 0.6) is 5.75 Å². The van der Waals surface area contributed by atoms with Crippen molar-refractivity contribution in [2.75, 3.05) is 5.32 Å². The highest BCUT2D eigenvalue weighted by Gasteiger charge is 2.22. The Morgan fingerprint density at radius 1 is 1.03 bits per heavy atom. The quantitative estimate of drug-likeness (QED) is 0.268. The van der Waals surface area contributed by atoms with Gasteiger partial charge in [0.05, 0.1) is 5.52 Å². The van der Waals surface area contributed by atoms with E-state index in [2.05, 4.69) is 105 Å². The summed E-state index contributed by atoms with van der Waals surface area (Å²) in [4.78, 5) is 8.27. The number of imidazole rings is 1. The number of rotatable bonds is 5. The summed E-state index contributed by atoms with van der Waals surface area (Å²) in [5.74, 6) is 2.22.